The summed E-state index contributed by atoms with van der Waals surface area (Å²) in [5.41, 5.74) is 6.28. The summed E-state index contributed by atoms with van der Waals surface area (Å²) in [4.78, 5) is 0. The summed E-state index contributed by atoms with van der Waals surface area (Å²) in [7, 11) is 0. The molecule has 0 N–H and O–H groups in total. The third-order valence-electron chi connectivity index (χ3n) is 5.49. The summed E-state index contributed by atoms with van der Waals surface area (Å²) in [5, 5.41) is 2.58. The molecule has 3 aromatic carbocycles. The Kier molecular flexibility index (Phi) is 3.51. The van der Waals surface area contributed by atoms with Gasteiger partial charge >= 0.3 is 0 Å². The van der Waals surface area contributed by atoms with E-state index in [9.17, 15) is 0 Å². The molecule has 0 bridgehead atoms. The highest BCUT2D eigenvalue weighted by molar-refractivity contribution is 9.16. The summed E-state index contributed by atoms with van der Waals surface area (Å²) in [6.45, 7) is 4.51. The van der Waals surface area contributed by atoms with Crippen LogP contribution >= 0.6 is 31.9 Å². The number of halogens is 2. The minimum atomic E-state index is -0.00643. The van der Waals surface area contributed by atoms with Gasteiger partial charge in [-0.25, -0.2) is 0 Å². The summed E-state index contributed by atoms with van der Waals surface area (Å²) >= 11 is 7.58. The highest BCUT2D eigenvalue weighted by Crippen LogP contribution is 2.51. The molecule has 128 valence electrons. The molecule has 0 spiro atoms. The molecule has 0 aliphatic heterocycles. The molecule has 1 heterocycles. The zero-order chi connectivity index (χ0) is 18.1. The second-order valence-electron chi connectivity index (χ2n) is 7.35. The molecule has 0 saturated carbocycles. The smallest absolute Gasteiger partial charge is 0.0541 e. The van der Waals surface area contributed by atoms with E-state index in [2.05, 4.69) is 117 Å². The lowest BCUT2D eigenvalue weighted by atomic mass is 9.87. The van der Waals surface area contributed by atoms with Crippen molar-refractivity contribution in [2.45, 2.75) is 19.3 Å². The quantitative estimate of drug-likeness (QED) is 0.273. The van der Waals surface area contributed by atoms with Gasteiger partial charge in [0.05, 0.1) is 11.0 Å². The monoisotopic (exact) mass is 465 g/mol. The highest BCUT2D eigenvalue weighted by Gasteiger charge is 2.36. The first-order valence-corrected chi connectivity index (χ1v) is 10.3. The molecule has 1 nitrogen and oxygen atoms in total. The molecule has 0 radical (unpaired) electrons. The van der Waals surface area contributed by atoms with Crippen molar-refractivity contribution in [2.75, 3.05) is 0 Å². The van der Waals surface area contributed by atoms with Gasteiger partial charge in [-0.05, 0) is 51.3 Å². The predicted molar refractivity (Wildman–Crippen MR) is 119 cm³/mol. The number of benzene rings is 3. The normalized spacial score (nSPS) is 15.8. The van der Waals surface area contributed by atoms with Gasteiger partial charge in [-0.3, -0.25) is 0 Å². The Morgan fingerprint density at radius 1 is 0.769 bits per heavy atom. The standard InChI is InChI=1S/C23H17Br2N/c1-23(2)18-12-11-14(13-17(18)21(24)22(23)25)26-19-9-5-3-7-15(19)16-8-4-6-10-20(16)26/h3-13H,1-2H3. The molecular formula is C23H17Br2N. The van der Waals surface area contributed by atoms with Crippen LogP contribution in [0, 0.1) is 0 Å². The number of para-hydroxylation sites is 2. The number of fused-ring (bicyclic) bond motifs is 4. The zero-order valence-corrected chi connectivity index (χ0v) is 17.7. The Balaban J connectivity index is 1.86. The molecule has 0 atom stereocenters. The fraction of sp³-hybridized carbons (Fsp3) is 0.130. The van der Waals surface area contributed by atoms with Crippen molar-refractivity contribution in [3.05, 3.63) is 82.3 Å². The largest absolute Gasteiger partial charge is 0.309 e. The summed E-state index contributed by atoms with van der Waals surface area (Å²) in [5.74, 6) is 0. The van der Waals surface area contributed by atoms with E-state index in [4.69, 9.17) is 0 Å². The van der Waals surface area contributed by atoms with Gasteiger partial charge in [0.25, 0.3) is 0 Å². The lowest BCUT2D eigenvalue weighted by Gasteiger charge is -2.21. The molecule has 26 heavy (non-hydrogen) atoms. The first kappa shape index (κ1) is 16.3. The Morgan fingerprint density at radius 3 is 1.96 bits per heavy atom. The number of aromatic nitrogens is 1. The average Bonchev–Trinajstić information content (AvgIpc) is 3.08. The van der Waals surface area contributed by atoms with Crippen LogP contribution in [0.1, 0.15) is 25.0 Å². The third kappa shape index (κ3) is 2.07. The molecular weight excluding hydrogens is 450 g/mol. The molecule has 1 aromatic heterocycles. The average molecular weight is 467 g/mol. The second-order valence-corrected chi connectivity index (χ2v) is 8.94. The van der Waals surface area contributed by atoms with E-state index in [1.54, 1.807) is 0 Å². The van der Waals surface area contributed by atoms with Crippen LogP contribution < -0.4 is 0 Å². The topological polar surface area (TPSA) is 4.93 Å². The Labute approximate surface area is 169 Å². The lowest BCUT2D eigenvalue weighted by molar-refractivity contribution is 0.675. The molecule has 1 aliphatic rings. The minimum Gasteiger partial charge on any atom is -0.309 e. The van der Waals surface area contributed by atoms with E-state index in [-0.39, 0.29) is 5.41 Å². The maximum Gasteiger partial charge on any atom is 0.0541 e. The SMILES string of the molecule is CC1(C)C(Br)=C(Br)c2cc(-n3c4ccccc4c4ccccc43)ccc21. The number of hydrogen-bond donors (Lipinski definition) is 0. The molecule has 4 aromatic rings. The number of nitrogens with zero attached hydrogens (tertiary/aromatic N) is 1. The van der Waals surface area contributed by atoms with Crippen LogP contribution in [0.3, 0.4) is 0 Å². The number of rotatable bonds is 1. The van der Waals surface area contributed by atoms with Crippen LogP contribution in [0.15, 0.2) is 71.2 Å². The molecule has 1 aliphatic carbocycles. The van der Waals surface area contributed by atoms with E-state index in [0.717, 1.165) is 4.48 Å². The van der Waals surface area contributed by atoms with Crippen molar-refractivity contribution >= 4 is 58.1 Å². The second kappa shape index (κ2) is 5.58. The molecule has 5 rings (SSSR count). The van der Waals surface area contributed by atoms with Gasteiger partial charge in [-0.2, -0.15) is 0 Å². The van der Waals surface area contributed by atoms with Crippen LogP contribution in [0.2, 0.25) is 0 Å². The third-order valence-corrected chi connectivity index (χ3v) is 8.24. The fourth-order valence-electron chi connectivity index (χ4n) is 4.11. The predicted octanol–water partition coefficient (Wildman–Crippen LogP) is 7.53. The molecule has 3 heteroatoms. The van der Waals surface area contributed by atoms with Gasteiger partial charge in [0, 0.05) is 30.8 Å². The van der Waals surface area contributed by atoms with E-state index < -0.39 is 0 Å². The van der Waals surface area contributed by atoms with Crippen molar-refractivity contribution in [1.82, 2.24) is 4.57 Å². The summed E-state index contributed by atoms with van der Waals surface area (Å²) in [6.07, 6.45) is 0. The summed E-state index contributed by atoms with van der Waals surface area (Å²) < 4.78 is 4.73. The maximum absolute atomic E-state index is 3.80. The maximum atomic E-state index is 3.80. The van der Waals surface area contributed by atoms with E-state index >= 15 is 0 Å². The van der Waals surface area contributed by atoms with Gasteiger partial charge in [0.15, 0.2) is 0 Å². The van der Waals surface area contributed by atoms with Crippen LogP contribution in [0.25, 0.3) is 32.0 Å². The minimum absolute atomic E-state index is 0.00643. The van der Waals surface area contributed by atoms with E-state index in [1.807, 2.05) is 0 Å². The van der Waals surface area contributed by atoms with E-state index in [0.29, 0.717) is 0 Å². The van der Waals surface area contributed by atoms with Crippen LogP contribution in [0.4, 0.5) is 0 Å². The van der Waals surface area contributed by atoms with Crippen LogP contribution in [-0.4, -0.2) is 4.57 Å². The van der Waals surface area contributed by atoms with Gasteiger partial charge < -0.3 is 4.57 Å². The first-order chi connectivity index (χ1) is 12.5. The first-order valence-electron chi connectivity index (χ1n) is 8.69. The molecule has 0 fully saturated rings. The van der Waals surface area contributed by atoms with Gasteiger partial charge in [-0.15, -0.1) is 0 Å². The van der Waals surface area contributed by atoms with Crippen molar-refractivity contribution in [2.24, 2.45) is 0 Å². The molecule has 0 amide bonds. The fourth-order valence-corrected chi connectivity index (χ4v) is 5.36. The van der Waals surface area contributed by atoms with Crippen molar-refractivity contribution in [3.63, 3.8) is 0 Å². The Morgan fingerprint density at radius 2 is 1.35 bits per heavy atom. The van der Waals surface area contributed by atoms with Gasteiger partial charge in [-0.1, -0.05) is 72.2 Å². The highest BCUT2D eigenvalue weighted by atomic mass is 79.9. The van der Waals surface area contributed by atoms with Gasteiger partial charge in [0.2, 0.25) is 0 Å². The molecule has 0 saturated heterocycles. The van der Waals surface area contributed by atoms with Gasteiger partial charge in [0.1, 0.15) is 0 Å². The number of hydrogen-bond acceptors (Lipinski definition) is 0. The Hall–Kier alpha value is -1.84. The van der Waals surface area contributed by atoms with E-state index in [1.165, 1.54) is 43.1 Å². The molecule has 0 unspecified atom stereocenters. The summed E-state index contributed by atoms with van der Waals surface area (Å²) in [6, 6.07) is 24.1. The van der Waals surface area contributed by atoms with Crippen molar-refractivity contribution in [3.8, 4) is 5.69 Å². The lowest BCUT2D eigenvalue weighted by Crippen LogP contribution is -2.14. The van der Waals surface area contributed by atoms with Crippen LogP contribution in [0.5, 0.6) is 0 Å². The number of allylic oxidation sites excluding steroid dienone is 1. The zero-order valence-electron chi connectivity index (χ0n) is 14.6. The Bertz CT molecular complexity index is 1170. The van der Waals surface area contributed by atoms with Crippen LogP contribution in [-0.2, 0) is 5.41 Å². The van der Waals surface area contributed by atoms with Crippen molar-refractivity contribution < 1.29 is 0 Å². The van der Waals surface area contributed by atoms with Crippen molar-refractivity contribution in [1.29, 1.82) is 0 Å².